The first-order chi connectivity index (χ1) is 6.99. The zero-order valence-corrected chi connectivity index (χ0v) is 11.5. The molecule has 0 heterocycles. The number of halogens is 1. The molecular weight excluding hydrogens is 296 g/mol. The number of sulfone groups is 1. The molecule has 0 aliphatic rings. The van der Waals surface area contributed by atoms with Gasteiger partial charge in [-0.2, -0.15) is 0 Å². The molecule has 80 valence electrons. The highest BCUT2D eigenvalue weighted by molar-refractivity contribution is 9.12. The van der Waals surface area contributed by atoms with Crippen LogP contribution in [-0.2, 0) is 9.84 Å². The van der Waals surface area contributed by atoms with E-state index >= 15 is 0 Å². The highest BCUT2D eigenvalue weighted by Gasteiger charge is 2.09. The maximum atomic E-state index is 11.3. The zero-order chi connectivity index (χ0) is 11.5. The molecule has 0 radical (unpaired) electrons. The summed E-state index contributed by atoms with van der Waals surface area (Å²) in [5.41, 5.74) is 0.826. The number of rotatable bonds is 2. The predicted molar refractivity (Wildman–Crippen MR) is 67.1 cm³/mol. The molecule has 0 unspecified atom stereocenters. The van der Waals surface area contributed by atoms with E-state index in [1.165, 1.54) is 18.0 Å². The third-order valence-electron chi connectivity index (χ3n) is 1.78. The van der Waals surface area contributed by atoms with Crippen LogP contribution in [0.3, 0.4) is 0 Å². The van der Waals surface area contributed by atoms with Crippen LogP contribution in [0.25, 0.3) is 0 Å². The second-order valence-electron chi connectivity index (χ2n) is 2.85. The van der Waals surface area contributed by atoms with Crippen LogP contribution in [0.4, 0.5) is 0 Å². The largest absolute Gasteiger partial charge is 0.224 e. The Hall–Kier alpha value is -0.440. The summed E-state index contributed by atoms with van der Waals surface area (Å²) >= 11 is 4.50. The lowest BCUT2D eigenvalue weighted by Gasteiger charge is -2.03. The Morgan fingerprint density at radius 3 is 2.53 bits per heavy atom. The average molecular weight is 305 g/mol. The second kappa shape index (κ2) is 5.06. The molecule has 2 nitrogen and oxygen atoms in total. The second-order valence-corrected chi connectivity index (χ2v) is 6.11. The van der Waals surface area contributed by atoms with Crippen molar-refractivity contribution in [1.29, 1.82) is 0 Å². The smallest absolute Gasteiger partial charge is 0.175 e. The van der Waals surface area contributed by atoms with Crippen LogP contribution in [0, 0.1) is 10.8 Å². The number of benzene rings is 1. The van der Waals surface area contributed by atoms with Crippen LogP contribution >= 0.6 is 27.7 Å². The molecule has 0 aliphatic heterocycles. The van der Waals surface area contributed by atoms with Gasteiger partial charge in [-0.3, -0.25) is 0 Å². The van der Waals surface area contributed by atoms with Crippen molar-refractivity contribution in [2.24, 2.45) is 0 Å². The molecule has 0 saturated carbocycles. The summed E-state index contributed by atoms with van der Waals surface area (Å²) in [6, 6.07) is 4.94. The SMILES string of the molecule is CSc1cc(S(C)(=O)=O)ccc1C#CBr. The molecular formula is C10H9BrO2S2. The van der Waals surface area contributed by atoms with Crippen molar-refractivity contribution in [2.45, 2.75) is 9.79 Å². The zero-order valence-electron chi connectivity index (χ0n) is 8.24. The summed E-state index contributed by atoms with van der Waals surface area (Å²) in [7, 11) is -3.14. The molecule has 1 aromatic rings. The lowest BCUT2D eigenvalue weighted by atomic mass is 10.2. The van der Waals surface area contributed by atoms with Crippen LogP contribution < -0.4 is 0 Å². The molecule has 15 heavy (non-hydrogen) atoms. The molecule has 0 amide bonds. The minimum Gasteiger partial charge on any atom is -0.224 e. The Morgan fingerprint density at radius 2 is 2.07 bits per heavy atom. The third kappa shape index (κ3) is 3.26. The van der Waals surface area contributed by atoms with E-state index in [1.54, 1.807) is 18.2 Å². The average Bonchev–Trinajstić information content (AvgIpc) is 2.17. The van der Waals surface area contributed by atoms with Gasteiger partial charge in [-0.25, -0.2) is 8.42 Å². The van der Waals surface area contributed by atoms with Crippen molar-refractivity contribution in [3.8, 4) is 10.8 Å². The molecule has 0 bridgehead atoms. The van der Waals surface area contributed by atoms with E-state index in [2.05, 4.69) is 26.7 Å². The topological polar surface area (TPSA) is 34.1 Å². The van der Waals surface area contributed by atoms with Crippen LogP contribution in [-0.4, -0.2) is 20.9 Å². The van der Waals surface area contributed by atoms with Gasteiger partial charge in [0.05, 0.1) is 4.90 Å². The van der Waals surface area contributed by atoms with Gasteiger partial charge in [-0.05, 0) is 29.3 Å². The van der Waals surface area contributed by atoms with E-state index in [9.17, 15) is 8.42 Å². The van der Waals surface area contributed by atoms with Gasteiger partial charge in [-0.1, -0.05) is 5.92 Å². The number of hydrogen-bond donors (Lipinski definition) is 0. The Bertz CT molecular complexity index is 524. The van der Waals surface area contributed by atoms with Gasteiger partial charge < -0.3 is 0 Å². The van der Waals surface area contributed by atoms with E-state index in [0.29, 0.717) is 4.90 Å². The van der Waals surface area contributed by atoms with Crippen molar-refractivity contribution >= 4 is 37.5 Å². The lowest BCUT2D eigenvalue weighted by Crippen LogP contribution is -1.97. The quantitative estimate of drug-likeness (QED) is 0.622. The summed E-state index contributed by atoms with van der Waals surface area (Å²) in [4.78, 5) is 3.81. The van der Waals surface area contributed by atoms with Crippen molar-refractivity contribution in [2.75, 3.05) is 12.5 Å². The van der Waals surface area contributed by atoms with Gasteiger partial charge in [-0.15, -0.1) is 11.8 Å². The fourth-order valence-electron chi connectivity index (χ4n) is 1.06. The third-order valence-corrected chi connectivity index (χ3v) is 3.87. The van der Waals surface area contributed by atoms with Crippen molar-refractivity contribution in [3.63, 3.8) is 0 Å². The monoisotopic (exact) mass is 304 g/mol. The summed E-state index contributed by atoms with van der Waals surface area (Å²) in [6.45, 7) is 0. The molecule has 0 atom stereocenters. The van der Waals surface area contributed by atoms with Crippen LogP contribution in [0.2, 0.25) is 0 Å². The fraction of sp³-hybridized carbons (Fsp3) is 0.200. The van der Waals surface area contributed by atoms with Crippen molar-refractivity contribution in [1.82, 2.24) is 0 Å². The minimum absolute atomic E-state index is 0.326. The molecule has 0 saturated heterocycles. The number of hydrogen-bond acceptors (Lipinski definition) is 3. The summed E-state index contributed by atoms with van der Waals surface area (Å²) < 4.78 is 22.6. The molecule has 1 rings (SSSR count). The Kier molecular flexibility index (Phi) is 4.26. The Labute approximate surface area is 103 Å². The molecule has 0 N–H and O–H groups in total. The molecule has 1 aromatic carbocycles. The highest BCUT2D eigenvalue weighted by Crippen LogP contribution is 2.23. The first-order valence-electron chi connectivity index (χ1n) is 3.99. The van der Waals surface area contributed by atoms with E-state index in [1.807, 2.05) is 6.26 Å². The van der Waals surface area contributed by atoms with Crippen LogP contribution in [0.1, 0.15) is 5.56 Å². The van der Waals surface area contributed by atoms with Crippen molar-refractivity contribution in [3.05, 3.63) is 23.8 Å². The van der Waals surface area contributed by atoms with Gasteiger partial charge >= 0.3 is 0 Å². The predicted octanol–water partition coefficient (Wildman–Crippen LogP) is 2.52. The standard InChI is InChI=1S/C10H9BrO2S2/c1-14-10-7-9(15(2,12)13)4-3-8(10)5-6-11/h3-4,7H,1-2H3. The van der Waals surface area contributed by atoms with E-state index < -0.39 is 9.84 Å². The molecule has 0 fully saturated rings. The molecule has 0 aliphatic carbocycles. The van der Waals surface area contributed by atoms with Gasteiger partial charge in [0.1, 0.15) is 0 Å². The fourth-order valence-corrected chi connectivity index (χ4v) is 2.58. The highest BCUT2D eigenvalue weighted by atomic mass is 79.9. The van der Waals surface area contributed by atoms with Gasteiger partial charge in [0.2, 0.25) is 0 Å². The van der Waals surface area contributed by atoms with Gasteiger partial charge in [0.15, 0.2) is 9.84 Å². The molecule has 0 spiro atoms. The first kappa shape index (κ1) is 12.6. The normalized spacial score (nSPS) is 10.6. The van der Waals surface area contributed by atoms with Gasteiger partial charge in [0, 0.05) is 32.6 Å². The van der Waals surface area contributed by atoms with Crippen LogP contribution in [0.5, 0.6) is 0 Å². The van der Waals surface area contributed by atoms with Gasteiger partial charge in [0.25, 0.3) is 0 Å². The van der Waals surface area contributed by atoms with E-state index in [-0.39, 0.29) is 0 Å². The van der Waals surface area contributed by atoms with Crippen molar-refractivity contribution < 1.29 is 8.42 Å². The number of thioether (sulfide) groups is 1. The Morgan fingerprint density at radius 1 is 1.40 bits per heavy atom. The summed E-state index contributed by atoms with van der Waals surface area (Å²) in [5.74, 6) is 2.86. The minimum atomic E-state index is -3.14. The molecule has 5 heteroatoms. The lowest BCUT2D eigenvalue weighted by molar-refractivity contribution is 0.601. The first-order valence-corrected chi connectivity index (χ1v) is 7.89. The summed E-state index contributed by atoms with van der Waals surface area (Å²) in [6.07, 6.45) is 3.09. The summed E-state index contributed by atoms with van der Waals surface area (Å²) in [5, 5.41) is 0. The Balaban J connectivity index is 3.36. The maximum absolute atomic E-state index is 11.3. The van der Waals surface area contributed by atoms with E-state index in [0.717, 1.165) is 10.5 Å². The van der Waals surface area contributed by atoms with E-state index in [4.69, 9.17) is 0 Å². The molecule has 0 aromatic heterocycles. The maximum Gasteiger partial charge on any atom is 0.175 e. The van der Waals surface area contributed by atoms with Crippen LogP contribution in [0.15, 0.2) is 28.0 Å².